The molecule has 0 aromatic heterocycles. The van der Waals surface area contributed by atoms with E-state index in [4.69, 9.17) is 0 Å². The second kappa shape index (κ2) is 6.55. The van der Waals surface area contributed by atoms with Crippen molar-refractivity contribution in [3.05, 3.63) is 0 Å². The standard InChI is InChI=1S/C14H28N2O2S/c1-12(2)14-5-9-16(10-6-14)19(17,18)11-13-3-7-15-8-4-13/h12-15H,3-11H2,1-2H3. The van der Waals surface area contributed by atoms with Gasteiger partial charge in [0.05, 0.1) is 5.75 Å². The van der Waals surface area contributed by atoms with Crippen LogP contribution in [0, 0.1) is 17.8 Å². The Morgan fingerprint density at radius 1 is 1.11 bits per heavy atom. The second-order valence-corrected chi connectivity index (χ2v) is 8.47. The lowest BCUT2D eigenvalue weighted by atomic mass is 9.87. The molecule has 0 amide bonds. The summed E-state index contributed by atoms with van der Waals surface area (Å²) < 4.78 is 26.6. The van der Waals surface area contributed by atoms with E-state index in [1.807, 2.05) is 0 Å². The van der Waals surface area contributed by atoms with E-state index < -0.39 is 10.0 Å². The highest BCUT2D eigenvalue weighted by Crippen LogP contribution is 2.27. The van der Waals surface area contributed by atoms with E-state index in [2.05, 4.69) is 19.2 Å². The Kier molecular flexibility index (Phi) is 5.26. The van der Waals surface area contributed by atoms with Gasteiger partial charge in [-0.05, 0) is 56.5 Å². The highest BCUT2D eigenvalue weighted by molar-refractivity contribution is 7.89. The first kappa shape index (κ1) is 15.3. The highest BCUT2D eigenvalue weighted by Gasteiger charge is 2.31. The molecule has 2 heterocycles. The van der Waals surface area contributed by atoms with E-state index in [1.54, 1.807) is 4.31 Å². The number of hydrogen-bond donors (Lipinski definition) is 1. The monoisotopic (exact) mass is 288 g/mol. The maximum absolute atomic E-state index is 12.4. The second-order valence-electron chi connectivity index (χ2n) is 6.45. The summed E-state index contributed by atoms with van der Waals surface area (Å²) in [6.07, 6.45) is 4.07. The largest absolute Gasteiger partial charge is 0.317 e. The van der Waals surface area contributed by atoms with Crippen LogP contribution in [0.25, 0.3) is 0 Å². The first-order valence-corrected chi connectivity index (χ1v) is 9.28. The zero-order chi connectivity index (χ0) is 13.9. The summed E-state index contributed by atoms with van der Waals surface area (Å²) in [6.45, 7) is 7.88. The molecule has 0 unspecified atom stereocenters. The van der Waals surface area contributed by atoms with Crippen LogP contribution in [0.1, 0.15) is 39.5 Å². The van der Waals surface area contributed by atoms with E-state index in [0.29, 0.717) is 23.5 Å². The van der Waals surface area contributed by atoms with Crippen LogP contribution >= 0.6 is 0 Å². The molecule has 0 spiro atoms. The molecule has 2 aliphatic heterocycles. The van der Waals surface area contributed by atoms with Crippen molar-refractivity contribution in [2.24, 2.45) is 17.8 Å². The summed E-state index contributed by atoms with van der Waals surface area (Å²) in [5.74, 6) is 2.09. The van der Waals surface area contributed by atoms with Crippen LogP contribution in [0.5, 0.6) is 0 Å². The Hall–Kier alpha value is -0.130. The quantitative estimate of drug-likeness (QED) is 0.856. The van der Waals surface area contributed by atoms with Crippen molar-refractivity contribution < 1.29 is 8.42 Å². The minimum atomic E-state index is -3.03. The van der Waals surface area contributed by atoms with Crippen LogP contribution in [-0.2, 0) is 10.0 Å². The number of rotatable bonds is 4. The maximum Gasteiger partial charge on any atom is 0.214 e. The minimum absolute atomic E-state index is 0.356. The van der Waals surface area contributed by atoms with E-state index in [0.717, 1.165) is 51.9 Å². The molecule has 0 aromatic rings. The molecule has 112 valence electrons. The Morgan fingerprint density at radius 2 is 1.68 bits per heavy atom. The van der Waals surface area contributed by atoms with Crippen molar-refractivity contribution in [3.63, 3.8) is 0 Å². The summed E-state index contributed by atoms with van der Waals surface area (Å²) in [7, 11) is -3.03. The molecule has 0 atom stereocenters. The van der Waals surface area contributed by atoms with Crippen molar-refractivity contribution in [1.29, 1.82) is 0 Å². The molecule has 0 radical (unpaired) electrons. The van der Waals surface area contributed by atoms with Gasteiger partial charge in [0.1, 0.15) is 0 Å². The van der Waals surface area contributed by atoms with Gasteiger partial charge in [0.2, 0.25) is 10.0 Å². The van der Waals surface area contributed by atoms with E-state index >= 15 is 0 Å². The van der Waals surface area contributed by atoms with Crippen LogP contribution < -0.4 is 5.32 Å². The zero-order valence-corrected chi connectivity index (χ0v) is 13.1. The molecule has 0 bridgehead atoms. The molecule has 0 aliphatic carbocycles. The molecule has 2 saturated heterocycles. The van der Waals surface area contributed by atoms with Gasteiger partial charge in [0, 0.05) is 13.1 Å². The Labute approximate surface area is 118 Å². The topological polar surface area (TPSA) is 49.4 Å². The molecular weight excluding hydrogens is 260 g/mol. The van der Waals surface area contributed by atoms with E-state index in [9.17, 15) is 8.42 Å². The Balaban J connectivity index is 1.86. The summed E-state index contributed by atoms with van der Waals surface area (Å²) in [6, 6.07) is 0. The molecule has 1 N–H and O–H groups in total. The van der Waals surface area contributed by atoms with Gasteiger partial charge in [-0.1, -0.05) is 13.8 Å². The predicted octanol–water partition coefficient (Wildman–Crippen LogP) is 1.68. The van der Waals surface area contributed by atoms with Crippen LogP contribution in [0.3, 0.4) is 0 Å². The summed E-state index contributed by atoms with van der Waals surface area (Å²) >= 11 is 0. The number of hydrogen-bond acceptors (Lipinski definition) is 3. The molecule has 2 fully saturated rings. The minimum Gasteiger partial charge on any atom is -0.317 e. The van der Waals surface area contributed by atoms with Gasteiger partial charge in [0.25, 0.3) is 0 Å². The van der Waals surface area contributed by atoms with Gasteiger partial charge in [-0.3, -0.25) is 0 Å². The molecule has 19 heavy (non-hydrogen) atoms. The Bertz CT molecular complexity index is 367. The molecule has 2 aliphatic rings. The fourth-order valence-corrected chi connectivity index (χ4v) is 5.18. The maximum atomic E-state index is 12.4. The zero-order valence-electron chi connectivity index (χ0n) is 12.3. The SMILES string of the molecule is CC(C)C1CCN(S(=O)(=O)CC2CCNCC2)CC1. The van der Waals surface area contributed by atoms with Crippen molar-refractivity contribution in [3.8, 4) is 0 Å². The molecule has 4 nitrogen and oxygen atoms in total. The van der Waals surface area contributed by atoms with Crippen LogP contribution in [0.2, 0.25) is 0 Å². The molecular formula is C14H28N2O2S. The fourth-order valence-electron chi connectivity index (χ4n) is 3.27. The summed E-state index contributed by atoms with van der Waals surface area (Å²) in [4.78, 5) is 0. The molecule has 5 heteroatoms. The van der Waals surface area contributed by atoms with Gasteiger partial charge in [-0.2, -0.15) is 0 Å². The normalized spacial score (nSPS) is 25.0. The lowest BCUT2D eigenvalue weighted by molar-refractivity contribution is 0.225. The molecule has 0 aromatic carbocycles. The van der Waals surface area contributed by atoms with Crippen LogP contribution in [-0.4, -0.2) is 44.7 Å². The summed E-state index contributed by atoms with van der Waals surface area (Å²) in [5, 5.41) is 3.29. The first-order valence-electron chi connectivity index (χ1n) is 7.67. The van der Waals surface area contributed by atoms with E-state index in [1.165, 1.54) is 0 Å². The van der Waals surface area contributed by atoms with Crippen molar-refractivity contribution in [2.45, 2.75) is 39.5 Å². The number of piperidine rings is 2. The third-order valence-electron chi connectivity index (χ3n) is 4.74. The number of sulfonamides is 1. The highest BCUT2D eigenvalue weighted by atomic mass is 32.2. The summed E-state index contributed by atoms with van der Waals surface area (Å²) in [5.41, 5.74) is 0. The molecule has 2 rings (SSSR count). The lowest BCUT2D eigenvalue weighted by Gasteiger charge is -2.34. The van der Waals surface area contributed by atoms with E-state index in [-0.39, 0.29) is 0 Å². The first-order chi connectivity index (χ1) is 8.99. The average Bonchev–Trinajstić information content (AvgIpc) is 2.39. The average molecular weight is 288 g/mol. The van der Waals surface area contributed by atoms with Gasteiger partial charge < -0.3 is 5.32 Å². The third kappa shape index (κ3) is 4.17. The smallest absolute Gasteiger partial charge is 0.214 e. The van der Waals surface area contributed by atoms with Gasteiger partial charge in [-0.15, -0.1) is 0 Å². The predicted molar refractivity (Wildman–Crippen MR) is 78.5 cm³/mol. The van der Waals surface area contributed by atoms with Crippen LogP contribution in [0.4, 0.5) is 0 Å². The van der Waals surface area contributed by atoms with Gasteiger partial charge in [0.15, 0.2) is 0 Å². The third-order valence-corrected chi connectivity index (χ3v) is 6.78. The lowest BCUT2D eigenvalue weighted by Crippen LogP contribution is -2.43. The van der Waals surface area contributed by atoms with Crippen molar-refractivity contribution >= 4 is 10.0 Å². The Morgan fingerprint density at radius 3 is 2.21 bits per heavy atom. The molecule has 0 saturated carbocycles. The fraction of sp³-hybridized carbons (Fsp3) is 1.00. The van der Waals surface area contributed by atoms with Gasteiger partial charge >= 0.3 is 0 Å². The number of nitrogens with one attached hydrogen (secondary N) is 1. The van der Waals surface area contributed by atoms with Crippen LogP contribution in [0.15, 0.2) is 0 Å². The van der Waals surface area contributed by atoms with Crippen molar-refractivity contribution in [1.82, 2.24) is 9.62 Å². The number of nitrogens with zero attached hydrogens (tertiary/aromatic N) is 1. The van der Waals surface area contributed by atoms with Crippen molar-refractivity contribution in [2.75, 3.05) is 31.9 Å². The van der Waals surface area contributed by atoms with Gasteiger partial charge in [-0.25, -0.2) is 12.7 Å².